The van der Waals surface area contributed by atoms with E-state index in [4.69, 9.17) is 10.8 Å². The van der Waals surface area contributed by atoms with Gasteiger partial charge in [0.1, 0.15) is 0 Å². The molecule has 0 fully saturated rings. The molecule has 0 heterocycles. The van der Waals surface area contributed by atoms with Crippen LogP contribution in [0, 0.1) is 0 Å². The molecule has 0 aliphatic heterocycles. The number of hydrogen-bond donors (Lipinski definition) is 3. The van der Waals surface area contributed by atoms with Crippen LogP contribution in [0.4, 0.5) is 11.4 Å². The quantitative estimate of drug-likeness (QED) is 0.317. The minimum absolute atomic E-state index is 0. The second kappa shape index (κ2) is 7.05. The molecule has 0 saturated heterocycles. The summed E-state index contributed by atoms with van der Waals surface area (Å²) >= 11 is 0. The number of nitrogens with one attached hydrogen (secondary N) is 1. The molecule has 1 rings (SSSR count). The Hall–Kier alpha value is -1.30. The van der Waals surface area contributed by atoms with Gasteiger partial charge in [-0.15, -0.1) is 0 Å². The summed E-state index contributed by atoms with van der Waals surface area (Å²) in [5.74, 6) is -1.66. The van der Waals surface area contributed by atoms with Gasteiger partial charge < -0.3 is 17.6 Å². The van der Waals surface area contributed by atoms with E-state index in [0.29, 0.717) is 11.4 Å². The first-order valence-corrected chi connectivity index (χ1v) is 4.15. The van der Waals surface area contributed by atoms with Crippen molar-refractivity contribution in [2.45, 2.75) is 0 Å². The fraction of sp³-hybridized carbons (Fsp3) is 0. The largest absolute Gasteiger partial charge is 1.00 e. The predicted octanol–water partition coefficient (Wildman–Crippen LogP) is -2.04. The fourth-order valence-corrected chi connectivity index (χ4v) is 0.897. The van der Waals surface area contributed by atoms with E-state index in [-0.39, 0.29) is 31.0 Å². The van der Waals surface area contributed by atoms with Crippen molar-refractivity contribution in [2.75, 3.05) is 11.1 Å². The van der Waals surface area contributed by atoms with Crippen molar-refractivity contribution < 1.29 is 45.7 Å². The Morgan fingerprint density at radius 3 is 2.31 bits per heavy atom. The smallest absolute Gasteiger partial charge is 1.00 e. The number of nitrogen functional groups attached to an aromatic ring is 1. The maximum absolute atomic E-state index is 11.1. The van der Waals surface area contributed by atoms with E-state index >= 15 is 0 Å². The van der Waals surface area contributed by atoms with Gasteiger partial charge in [0, 0.05) is 23.5 Å². The number of carboxylic acid groups (broad SMARTS) is 1. The summed E-state index contributed by atoms with van der Waals surface area (Å²) in [4.78, 5) is 21.2. The monoisotopic (exact) mass is 230 g/mol. The number of rotatable bonds is 3. The topological polar surface area (TPSA) is 92.4 Å². The van der Waals surface area contributed by atoms with Crippen molar-refractivity contribution in [3.8, 4) is 0 Å². The van der Waals surface area contributed by atoms with Crippen LogP contribution in [0.3, 0.4) is 0 Å². The molecule has 1 amide bonds. The number of carboxylic acids is 1. The summed E-state index contributed by atoms with van der Waals surface area (Å²) in [7, 11) is 0. The van der Waals surface area contributed by atoms with E-state index < -0.39 is 11.9 Å². The molecular weight excluding hydrogens is 219 g/mol. The molecule has 0 spiro atoms. The second-order valence-corrected chi connectivity index (χ2v) is 2.78. The standard InChI is InChI=1S/C10H10N2O3.Na.H/c11-7-1-3-8(4-2-7)12-9(13)5-6-10(14)15;;/h1-6H,11H2,(H,12,13)(H,14,15);;/q;+1;-1. The van der Waals surface area contributed by atoms with E-state index in [2.05, 4.69) is 5.32 Å². The van der Waals surface area contributed by atoms with Gasteiger partial charge in [0.05, 0.1) is 0 Å². The Balaban J connectivity index is 0. The molecular formula is C10H11N2NaO3. The van der Waals surface area contributed by atoms with Crippen molar-refractivity contribution in [3.05, 3.63) is 36.4 Å². The van der Waals surface area contributed by atoms with Crippen molar-refractivity contribution in [3.63, 3.8) is 0 Å². The number of nitrogens with two attached hydrogens (primary N) is 1. The van der Waals surface area contributed by atoms with Crippen LogP contribution in [-0.4, -0.2) is 17.0 Å². The maximum Gasteiger partial charge on any atom is 1.00 e. The Kier molecular flexibility index (Phi) is 6.48. The van der Waals surface area contributed by atoms with E-state index in [1.165, 1.54) is 0 Å². The molecule has 6 heteroatoms. The first-order chi connectivity index (χ1) is 7.08. The van der Waals surface area contributed by atoms with Crippen molar-refractivity contribution in [2.24, 2.45) is 0 Å². The zero-order valence-electron chi connectivity index (χ0n) is 9.81. The predicted molar refractivity (Wildman–Crippen MR) is 57.4 cm³/mol. The zero-order chi connectivity index (χ0) is 11.3. The second-order valence-electron chi connectivity index (χ2n) is 2.78. The van der Waals surface area contributed by atoms with Crippen LogP contribution in [0.2, 0.25) is 0 Å². The third-order valence-corrected chi connectivity index (χ3v) is 1.56. The molecule has 0 aliphatic carbocycles. The van der Waals surface area contributed by atoms with Crippen LogP contribution in [0.5, 0.6) is 0 Å². The van der Waals surface area contributed by atoms with Gasteiger partial charge in [0.25, 0.3) is 0 Å². The van der Waals surface area contributed by atoms with Crippen LogP contribution < -0.4 is 40.6 Å². The van der Waals surface area contributed by atoms with Gasteiger partial charge >= 0.3 is 35.5 Å². The first-order valence-electron chi connectivity index (χ1n) is 4.15. The maximum atomic E-state index is 11.1. The van der Waals surface area contributed by atoms with E-state index in [1.54, 1.807) is 24.3 Å². The number of hydrogen-bond acceptors (Lipinski definition) is 3. The molecule has 0 atom stereocenters. The summed E-state index contributed by atoms with van der Waals surface area (Å²) in [5, 5.41) is 10.8. The van der Waals surface area contributed by atoms with E-state index in [0.717, 1.165) is 12.2 Å². The number of amides is 1. The zero-order valence-corrected chi connectivity index (χ0v) is 10.8. The molecule has 5 nitrogen and oxygen atoms in total. The molecule has 0 saturated carbocycles. The van der Waals surface area contributed by atoms with Gasteiger partial charge in [0.15, 0.2) is 0 Å². The Bertz CT molecular complexity index is 407. The molecule has 0 aromatic heterocycles. The molecule has 0 unspecified atom stereocenters. The van der Waals surface area contributed by atoms with Crippen molar-refractivity contribution in [1.82, 2.24) is 0 Å². The van der Waals surface area contributed by atoms with E-state index in [1.807, 2.05) is 0 Å². The molecule has 1 aromatic rings. The summed E-state index contributed by atoms with van der Waals surface area (Å²) in [5.41, 5.74) is 6.60. The molecule has 80 valence electrons. The molecule has 4 N–H and O–H groups in total. The van der Waals surface area contributed by atoms with Gasteiger partial charge in [-0.1, -0.05) is 0 Å². The first kappa shape index (κ1) is 14.7. The number of carbonyl (C=O) groups excluding carboxylic acids is 1. The van der Waals surface area contributed by atoms with Crippen LogP contribution >= 0.6 is 0 Å². The van der Waals surface area contributed by atoms with Crippen LogP contribution in [-0.2, 0) is 9.59 Å². The Labute approximate surface area is 116 Å². The minimum atomic E-state index is -1.16. The number of aliphatic carboxylic acids is 1. The molecule has 16 heavy (non-hydrogen) atoms. The minimum Gasteiger partial charge on any atom is -1.00 e. The van der Waals surface area contributed by atoms with Gasteiger partial charge in [0.2, 0.25) is 5.91 Å². The Morgan fingerprint density at radius 1 is 1.25 bits per heavy atom. The van der Waals surface area contributed by atoms with Gasteiger partial charge in [-0.25, -0.2) is 4.79 Å². The van der Waals surface area contributed by atoms with Crippen LogP contribution in [0.25, 0.3) is 0 Å². The third kappa shape index (κ3) is 5.55. The normalized spacial score (nSPS) is 9.50. The number of carbonyl (C=O) groups is 2. The van der Waals surface area contributed by atoms with Crippen LogP contribution in [0.15, 0.2) is 36.4 Å². The van der Waals surface area contributed by atoms with Gasteiger partial charge in [-0.05, 0) is 24.3 Å². The summed E-state index contributed by atoms with van der Waals surface area (Å²) in [6.45, 7) is 0. The number of benzene rings is 1. The Morgan fingerprint density at radius 2 is 1.81 bits per heavy atom. The summed E-state index contributed by atoms with van der Waals surface area (Å²) < 4.78 is 0. The average Bonchev–Trinajstić information content (AvgIpc) is 2.19. The molecule has 0 bridgehead atoms. The fourth-order valence-electron chi connectivity index (χ4n) is 0.897. The molecule has 0 radical (unpaired) electrons. The van der Waals surface area contributed by atoms with Crippen molar-refractivity contribution >= 4 is 23.3 Å². The van der Waals surface area contributed by atoms with Crippen molar-refractivity contribution in [1.29, 1.82) is 0 Å². The van der Waals surface area contributed by atoms with E-state index in [9.17, 15) is 9.59 Å². The van der Waals surface area contributed by atoms with Gasteiger partial charge in [-0.2, -0.15) is 0 Å². The molecule has 0 aliphatic rings. The average molecular weight is 230 g/mol. The van der Waals surface area contributed by atoms with Gasteiger partial charge in [-0.3, -0.25) is 4.79 Å². The summed E-state index contributed by atoms with van der Waals surface area (Å²) in [6, 6.07) is 6.52. The SMILES string of the molecule is Nc1ccc(NC(=O)C=CC(=O)O)cc1.[H-].[Na+]. The van der Waals surface area contributed by atoms with Crippen LogP contribution in [0.1, 0.15) is 1.43 Å². The third-order valence-electron chi connectivity index (χ3n) is 1.56. The summed E-state index contributed by atoms with van der Waals surface area (Å²) in [6.07, 6.45) is 1.71. The molecule has 1 aromatic carbocycles. The number of anilines is 2.